The summed E-state index contributed by atoms with van der Waals surface area (Å²) in [6, 6.07) is 22.6. The molecule has 3 N–H and O–H groups in total. The summed E-state index contributed by atoms with van der Waals surface area (Å²) in [5.74, 6) is -2.21. The van der Waals surface area contributed by atoms with Gasteiger partial charge in [0.15, 0.2) is 5.78 Å². The summed E-state index contributed by atoms with van der Waals surface area (Å²) in [4.78, 5) is 40.1. The molecule has 0 radical (unpaired) electrons. The number of hydrogen-bond acceptors (Lipinski definition) is 3. The number of aromatic nitrogens is 1. The number of carbonyl (C=O) groups excluding carboxylic acids is 2. The molecule has 6 heteroatoms. The molecule has 1 aromatic heterocycles. The van der Waals surface area contributed by atoms with E-state index < -0.39 is 17.8 Å². The second-order valence-electron chi connectivity index (χ2n) is 9.23. The largest absolute Gasteiger partial charge is 0.481 e. The fourth-order valence-corrected chi connectivity index (χ4v) is 4.93. The first-order valence-electron chi connectivity index (χ1n) is 11.8. The summed E-state index contributed by atoms with van der Waals surface area (Å²) in [6.07, 6.45) is 1.96. The Morgan fingerprint density at radius 2 is 1.51 bits per heavy atom. The Kier molecular flexibility index (Phi) is 5.95. The third-order valence-corrected chi connectivity index (χ3v) is 6.84. The number of aryl methyl sites for hydroxylation is 1. The van der Waals surface area contributed by atoms with E-state index in [1.54, 1.807) is 12.1 Å². The monoisotopic (exact) mass is 466 g/mol. The Bertz CT molecular complexity index is 1420. The Morgan fingerprint density at radius 1 is 0.857 bits per heavy atom. The molecule has 4 aromatic rings. The van der Waals surface area contributed by atoms with Crippen molar-refractivity contribution >= 4 is 34.3 Å². The van der Waals surface area contributed by atoms with E-state index in [9.17, 15) is 19.5 Å². The van der Waals surface area contributed by atoms with Gasteiger partial charge in [0, 0.05) is 28.1 Å². The minimum atomic E-state index is -0.885. The van der Waals surface area contributed by atoms with Gasteiger partial charge in [0.2, 0.25) is 0 Å². The van der Waals surface area contributed by atoms with Gasteiger partial charge in [0.1, 0.15) is 5.69 Å². The van der Waals surface area contributed by atoms with Crippen LogP contribution in [0.15, 0.2) is 72.8 Å². The minimum Gasteiger partial charge on any atom is -0.481 e. The zero-order chi connectivity index (χ0) is 24.5. The predicted octanol–water partition coefficient (Wildman–Crippen LogP) is 6.08. The number of aromatic amines is 1. The number of nitrogens with one attached hydrogen (secondary N) is 2. The molecule has 0 bridgehead atoms. The molecule has 176 valence electrons. The number of anilines is 1. The molecule has 1 amide bonds. The molecule has 5 rings (SSSR count). The van der Waals surface area contributed by atoms with Crippen LogP contribution < -0.4 is 5.32 Å². The van der Waals surface area contributed by atoms with Crippen LogP contribution in [-0.2, 0) is 4.79 Å². The second-order valence-corrected chi connectivity index (χ2v) is 9.23. The van der Waals surface area contributed by atoms with Crippen LogP contribution in [0.1, 0.15) is 45.7 Å². The first-order chi connectivity index (χ1) is 16.9. The van der Waals surface area contributed by atoms with Crippen LogP contribution >= 0.6 is 0 Å². The average Bonchev–Trinajstić information content (AvgIpc) is 3.51. The zero-order valence-electron chi connectivity index (χ0n) is 19.4. The van der Waals surface area contributed by atoms with E-state index >= 15 is 0 Å². The van der Waals surface area contributed by atoms with E-state index in [0.717, 1.165) is 34.0 Å². The molecule has 1 aliphatic rings. The molecule has 3 aromatic carbocycles. The Labute approximate surface area is 203 Å². The number of benzene rings is 3. The average molecular weight is 467 g/mol. The molecular weight excluding hydrogens is 440 g/mol. The molecule has 1 saturated carbocycles. The Hall–Kier alpha value is -4.19. The number of carboxylic acid groups (broad SMARTS) is 1. The van der Waals surface area contributed by atoms with Crippen LogP contribution in [-0.4, -0.2) is 27.8 Å². The van der Waals surface area contributed by atoms with Crippen molar-refractivity contribution in [1.29, 1.82) is 0 Å². The summed E-state index contributed by atoms with van der Waals surface area (Å²) < 4.78 is 0. The standard InChI is InChI=1S/C29H26N2O4/c1-17-5-14-25-21(15-17)16-26(31-25)28(33)30-22-12-10-19(11-13-22)18-6-8-20(9-7-18)27(32)23-3-2-4-24(23)29(34)35/h5-16,23-24,31H,2-4H2,1H3,(H,30,33)(H,34,35)/t23?,24-/m1/s1. The molecule has 1 fully saturated rings. The van der Waals surface area contributed by atoms with Crippen LogP contribution in [0, 0.1) is 18.8 Å². The minimum absolute atomic E-state index is 0.0911. The van der Waals surface area contributed by atoms with Crippen molar-refractivity contribution in [3.8, 4) is 11.1 Å². The number of Topliss-reactive ketones (excluding diaryl/α,β-unsaturated/α-hetero) is 1. The number of rotatable bonds is 6. The van der Waals surface area contributed by atoms with Gasteiger partial charge in [-0.05, 0) is 61.2 Å². The fourth-order valence-electron chi connectivity index (χ4n) is 4.93. The smallest absolute Gasteiger partial charge is 0.307 e. The molecule has 1 unspecified atom stereocenters. The molecule has 35 heavy (non-hydrogen) atoms. The van der Waals surface area contributed by atoms with Crippen LogP contribution in [0.4, 0.5) is 5.69 Å². The van der Waals surface area contributed by atoms with Crippen molar-refractivity contribution in [2.45, 2.75) is 26.2 Å². The maximum atomic E-state index is 12.8. The lowest BCUT2D eigenvalue weighted by molar-refractivity contribution is -0.142. The third kappa shape index (κ3) is 4.60. The van der Waals surface area contributed by atoms with E-state index in [0.29, 0.717) is 29.8 Å². The first kappa shape index (κ1) is 22.6. The number of carbonyl (C=O) groups is 3. The second kappa shape index (κ2) is 9.22. The molecule has 1 heterocycles. The number of fused-ring (bicyclic) bond motifs is 1. The number of aliphatic carboxylic acids is 1. The van der Waals surface area contributed by atoms with Gasteiger partial charge < -0.3 is 15.4 Å². The lowest BCUT2D eigenvalue weighted by Gasteiger charge is -2.14. The van der Waals surface area contributed by atoms with Crippen LogP contribution in [0.3, 0.4) is 0 Å². The third-order valence-electron chi connectivity index (χ3n) is 6.84. The Balaban J connectivity index is 1.26. The molecule has 0 aliphatic heterocycles. The summed E-state index contributed by atoms with van der Waals surface area (Å²) in [6.45, 7) is 2.02. The SMILES string of the molecule is Cc1ccc2[nH]c(C(=O)Nc3ccc(-c4ccc(C(=O)C5CCC[C@H]5C(=O)O)cc4)cc3)cc2c1. The Morgan fingerprint density at radius 3 is 2.20 bits per heavy atom. The molecule has 1 aliphatic carbocycles. The molecule has 0 saturated heterocycles. The number of carboxylic acids is 1. The van der Waals surface area contributed by atoms with Crippen LogP contribution in [0.5, 0.6) is 0 Å². The van der Waals surface area contributed by atoms with Crippen molar-refractivity contribution in [3.05, 3.63) is 89.6 Å². The summed E-state index contributed by atoms with van der Waals surface area (Å²) in [5, 5.41) is 13.3. The van der Waals surface area contributed by atoms with E-state index in [-0.39, 0.29) is 11.7 Å². The van der Waals surface area contributed by atoms with E-state index in [1.807, 2.05) is 67.6 Å². The van der Waals surface area contributed by atoms with Gasteiger partial charge in [0.05, 0.1) is 5.92 Å². The highest BCUT2D eigenvalue weighted by Gasteiger charge is 2.37. The molecule has 0 spiro atoms. The van der Waals surface area contributed by atoms with E-state index in [4.69, 9.17) is 0 Å². The normalized spacial score (nSPS) is 17.4. The van der Waals surface area contributed by atoms with Crippen molar-refractivity contribution in [1.82, 2.24) is 4.98 Å². The van der Waals surface area contributed by atoms with Gasteiger partial charge in [-0.1, -0.05) is 54.4 Å². The van der Waals surface area contributed by atoms with Gasteiger partial charge in [0.25, 0.3) is 5.91 Å². The van der Waals surface area contributed by atoms with Crippen molar-refractivity contribution in [2.24, 2.45) is 11.8 Å². The number of hydrogen-bond donors (Lipinski definition) is 3. The molecule has 2 atom stereocenters. The highest BCUT2D eigenvalue weighted by molar-refractivity contribution is 6.06. The quantitative estimate of drug-likeness (QED) is 0.300. The van der Waals surface area contributed by atoms with Crippen LogP contribution in [0.25, 0.3) is 22.0 Å². The van der Waals surface area contributed by atoms with E-state index in [1.165, 1.54) is 0 Å². The van der Waals surface area contributed by atoms with Crippen molar-refractivity contribution < 1.29 is 19.5 Å². The highest BCUT2D eigenvalue weighted by atomic mass is 16.4. The summed E-state index contributed by atoms with van der Waals surface area (Å²) in [5.41, 5.74) is 5.68. The predicted molar refractivity (Wildman–Crippen MR) is 136 cm³/mol. The van der Waals surface area contributed by atoms with E-state index in [2.05, 4.69) is 10.3 Å². The van der Waals surface area contributed by atoms with Gasteiger partial charge >= 0.3 is 5.97 Å². The van der Waals surface area contributed by atoms with Crippen molar-refractivity contribution in [2.75, 3.05) is 5.32 Å². The number of amides is 1. The van der Waals surface area contributed by atoms with Crippen LogP contribution in [0.2, 0.25) is 0 Å². The topological polar surface area (TPSA) is 99.3 Å². The lowest BCUT2D eigenvalue weighted by Crippen LogP contribution is -2.25. The maximum absolute atomic E-state index is 12.8. The van der Waals surface area contributed by atoms with Gasteiger partial charge in [-0.3, -0.25) is 14.4 Å². The highest BCUT2D eigenvalue weighted by Crippen LogP contribution is 2.35. The van der Waals surface area contributed by atoms with Gasteiger partial charge in [-0.2, -0.15) is 0 Å². The molecular formula is C29H26N2O4. The fraction of sp³-hybridized carbons (Fsp3) is 0.207. The van der Waals surface area contributed by atoms with Gasteiger partial charge in [-0.25, -0.2) is 0 Å². The molecule has 6 nitrogen and oxygen atoms in total. The lowest BCUT2D eigenvalue weighted by atomic mass is 9.88. The zero-order valence-corrected chi connectivity index (χ0v) is 19.4. The first-order valence-corrected chi connectivity index (χ1v) is 11.8. The summed E-state index contributed by atoms with van der Waals surface area (Å²) in [7, 11) is 0. The van der Waals surface area contributed by atoms with Gasteiger partial charge in [-0.15, -0.1) is 0 Å². The number of ketones is 1. The number of H-pyrrole nitrogens is 1. The van der Waals surface area contributed by atoms with Crippen molar-refractivity contribution in [3.63, 3.8) is 0 Å². The summed E-state index contributed by atoms with van der Waals surface area (Å²) >= 11 is 0. The maximum Gasteiger partial charge on any atom is 0.307 e.